The minimum absolute atomic E-state index is 0.0800. The van der Waals surface area contributed by atoms with Gasteiger partial charge in [-0.15, -0.1) is 0 Å². The van der Waals surface area contributed by atoms with Gasteiger partial charge in [0.2, 0.25) is 0 Å². The van der Waals surface area contributed by atoms with Gasteiger partial charge < -0.3 is 0 Å². The van der Waals surface area contributed by atoms with Crippen LogP contribution in [-0.4, -0.2) is 42.8 Å². The summed E-state index contributed by atoms with van der Waals surface area (Å²) in [4.78, 5) is 26.1. The van der Waals surface area contributed by atoms with Gasteiger partial charge in [-0.25, -0.2) is 0 Å². The predicted octanol–water partition coefficient (Wildman–Crippen LogP) is -1.69. The first-order valence-corrected chi connectivity index (χ1v) is 10.5. The number of benzene rings is 1. The third-order valence-electron chi connectivity index (χ3n) is 3.79. The molecule has 1 amide bonds. The Labute approximate surface area is 168 Å². The van der Waals surface area contributed by atoms with Gasteiger partial charge in [0.1, 0.15) is 0 Å². The summed E-state index contributed by atoms with van der Waals surface area (Å²) in [6, 6.07) is 7.09. The van der Waals surface area contributed by atoms with E-state index in [2.05, 4.69) is 0 Å². The molecule has 27 heavy (non-hydrogen) atoms. The van der Waals surface area contributed by atoms with E-state index in [4.69, 9.17) is 9.47 Å². The van der Waals surface area contributed by atoms with Gasteiger partial charge in [-0.3, -0.25) is 0 Å². The molecule has 1 aliphatic rings. The van der Waals surface area contributed by atoms with Crippen molar-refractivity contribution in [3.05, 3.63) is 49.4 Å². The van der Waals surface area contributed by atoms with Crippen molar-refractivity contribution in [2.45, 2.75) is 32.8 Å². The Kier molecular flexibility index (Phi) is 7.20. The molecule has 0 aromatic heterocycles. The first-order valence-electron chi connectivity index (χ1n) is 8.35. The van der Waals surface area contributed by atoms with E-state index in [1.807, 2.05) is 6.07 Å². The molecule has 1 aromatic carbocycles. The predicted molar refractivity (Wildman–Crippen MR) is 94.2 cm³/mol. The zero-order chi connectivity index (χ0) is 20.2. The van der Waals surface area contributed by atoms with Crippen molar-refractivity contribution in [3.63, 3.8) is 0 Å². The van der Waals surface area contributed by atoms with E-state index >= 15 is 0 Å². The average molecular weight is 490 g/mol. The van der Waals surface area contributed by atoms with E-state index < -0.39 is 42.6 Å². The van der Waals surface area contributed by atoms with Crippen LogP contribution in [0.25, 0.3) is 5.57 Å². The summed E-state index contributed by atoms with van der Waals surface area (Å²) in [5, 5.41) is 21.8. The van der Waals surface area contributed by atoms with Crippen LogP contribution >= 0.6 is 0 Å². The number of amides is 1. The van der Waals surface area contributed by atoms with Crippen molar-refractivity contribution in [3.8, 4) is 0 Å². The van der Waals surface area contributed by atoms with Gasteiger partial charge in [-0.05, 0) is 0 Å². The molecule has 0 radical (unpaired) electrons. The number of methoxy groups -OCH3 is 1. The number of hydrogen-bond acceptors (Lipinski definition) is 6. The summed E-state index contributed by atoms with van der Waals surface area (Å²) in [6.07, 6.45) is -0.0453. The summed E-state index contributed by atoms with van der Waals surface area (Å²) in [5.74, 6) is -0.515. The van der Waals surface area contributed by atoms with Crippen LogP contribution in [0.3, 0.4) is 0 Å². The summed E-state index contributed by atoms with van der Waals surface area (Å²) >= 11 is -1.26. The normalized spacial score (nSPS) is 15.3. The molecule has 0 unspecified atom stereocenters. The number of nitrogens with zero attached hydrogens (tertiary/aromatic N) is 1. The van der Waals surface area contributed by atoms with E-state index in [0.29, 0.717) is 22.1 Å². The van der Waals surface area contributed by atoms with Crippen molar-refractivity contribution < 1.29 is 44.0 Å². The minimum atomic E-state index is -1.26. The van der Waals surface area contributed by atoms with Crippen molar-refractivity contribution in [1.82, 2.24) is 4.90 Å². The second-order valence-electron chi connectivity index (χ2n) is 6.94. The van der Waals surface area contributed by atoms with Crippen LogP contribution in [0.5, 0.6) is 0 Å². The summed E-state index contributed by atoms with van der Waals surface area (Å²) in [6.45, 7) is 5.82. The quantitative estimate of drug-likeness (QED) is 0.234. The first kappa shape index (κ1) is 21.6. The van der Waals surface area contributed by atoms with Gasteiger partial charge in [-0.1, -0.05) is 0 Å². The Balaban J connectivity index is 2.33. The van der Waals surface area contributed by atoms with Gasteiger partial charge >= 0.3 is 169 Å². The number of halogens is 1. The Morgan fingerprint density at radius 2 is 1.96 bits per heavy atom. The topological polar surface area (TPSA) is 106 Å². The van der Waals surface area contributed by atoms with E-state index in [1.165, 1.54) is 12.0 Å². The van der Waals surface area contributed by atoms with Gasteiger partial charge in [0.15, 0.2) is 0 Å². The Morgan fingerprint density at radius 1 is 1.26 bits per heavy atom. The third-order valence-corrected chi connectivity index (χ3v) is 5.52. The average Bonchev–Trinajstić information content (AvgIpc) is 2.58. The Morgan fingerprint density at radius 3 is 2.56 bits per heavy atom. The summed E-state index contributed by atoms with van der Waals surface area (Å²) in [7, 11) is 1.29. The first-order chi connectivity index (χ1) is 12.6. The van der Waals surface area contributed by atoms with E-state index in [0.717, 1.165) is 11.1 Å². The van der Waals surface area contributed by atoms with Crippen molar-refractivity contribution in [2.24, 2.45) is 0 Å². The fourth-order valence-electron chi connectivity index (χ4n) is 2.70. The molecule has 9 heteroatoms. The van der Waals surface area contributed by atoms with Gasteiger partial charge in [0.05, 0.1) is 0 Å². The summed E-state index contributed by atoms with van der Waals surface area (Å²) in [5.41, 5.74) is 1.26. The molecule has 2 rings (SSSR count). The number of rotatable bonds is 4. The molecule has 0 bridgehead atoms. The molecule has 0 saturated carbocycles. The number of hydrogen-bond donors (Lipinski definition) is 1. The molecule has 1 aromatic rings. The van der Waals surface area contributed by atoms with Crippen molar-refractivity contribution in [2.75, 3.05) is 20.2 Å². The van der Waals surface area contributed by atoms with Crippen LogP contribution in [0, 0.1) is 14.0 Å². The molecule has 0 aliphatic carbocycles. The molecular weight excluding hydrogens is 467 g/mol. The van der Waals surface area contributed by atoms with E-state index in [1.54, 1.807) is 39.0 Å². The third kappa shape index (κ3) is 6.16. The van der Waals surface area contributed by atoms with E-state index in [9.17, 15) is 20.0 Å². The van der Waals surface area contributed by atoms with Crippen molar-refractivity contribution in [1.29, 1.82) is 0 Å². The molecule has 1 heterocycles. The zero-order valence-electron chi connectivity index (χ0n) is 15.7. The molecule has 150 valence electrons. The van der Waals surface area contributed by atoms with Gasteiger partial charge in [-0.2, -0.15) is 0 Å². The van der Waals surface area contributed by atoms with Gasteiger partial charge in [0.25, 0.3) is 0 Å². The number of nitrogens with one attached hydrogen (secondary N) is 1. The standard InChI is InChI=1S/C18H23IN2O6/c1-18(2,3)27-17(23)20-9-8-14(15(11-20)16(22)26-4)12-6-5-7-13(10-12)19-21(24)25/h5-7,10,21H,8-9,11H2,1-4H3/q-2. The number of carbonyl (C=O) groups is 2. The van der Waals surface area contributed by atoms with Gasteiger partial charge in [0, 0.05) is 0 Å². The molecule has 0 saturated heterocycles. The second kappa shape index (κ2) is 9.00. The molecule has 0 fully saturated rings. The number of carbonyl (C=O) groups excluding carboxylic acids is 2. The number of quaternary nitrogens is 1. The van der Waals surface area contributed by atoms with Crippen LogP contribution in [0.1, 0.15) is 32.8 Å². The van der Waals surface area contributed by atoms with Crippen LogP contribution < -0.4 is 24.9 Å². The molecular formula is C18H23IN2O6-2. The zero-order valence-corrected chi connectivity index (χ0v) is 17.9. The van der Waals surface area contributed by atoms with Crippen LogP contribution in [0.15, 0.2) is 29.8 Å². The Hall–Kier alpha value is -1.69. The number of esters is 1. The van der Waals surface area contributed by atoms with E-state index in [-0.39, 0.29) is 6.54 Å². The van der Waals surface area contributed by atoms with Crippen LogP contribution in [0.4, 0.5) is 4.79 Å². The monoisotopic (exact) mass is 490 g/mol. The maximum absolute atomic E-state index is 12.3. The van der Waals surface area contributed by atoms with Crippen LogP contribution in [-0.2, 0) is 14.3 Å². The Bertz CT molecular complexity index is 742. The SMILES string of the molecule is COC(=O)C1=C(c2cccc([I-][NH+]([O-])[O-])c2)CCN(C(=O)OC(C)(C)C)C1. The molecule has 0 atom stereocenters. The maximum atomic E-state index is 12.3. The fourth-order valence-corrected chi connectivity index (χ4v) is 4.09. The molecule has 1 aliphatic heterocycles. The van der Waals surface area contributed by atoms with Crippen molar-refractivity contribution >= 4 is 17.6 Å². The fraction of sp³-hybridized carbons (Fsp3) is 0.444. The molecule has 0 spiro atoms. The van der Waals surface area contributed by atoms with Crippen LogP contribution in [0.2, 0.25) is 0 Å². The summed E-state index contributed by atoms with van der Waals surface area (Å²) < 4.78 is 9.91. The number of ether oxygens (including phenoxy) is 2. The second-order valence-corrected chi connectivity index (χ2v) is 9.61. The molecule has 8 nitrogen and oxygen atoms in total. The molecule has 1 N–H and O–H groups in total.